The fourth-order valence-electron chi connectivity index (χ4n) is 3.95. The van der Waals surface area contributed by atoms with Gasteiger partial charge in [0, 0.05) is 31.4 Å². The summed E-state index contributed by atoms with van der Waals surface area (Å²) in [4.78, 5) is 14.4. The third-order valence-electron chi connectivity index (χ3n) is 5.71. The lowest BCUT2D eigenvalue weighted by Crippen LogP contribution is -2.41. The fourth-order valence-corrected chi connectivity index (χ4v) is 3.95. The van der Waals surface area contributed by atoms with Gasteiger partial charge in [0.15, 0.2) is 0 Å². The Morgan fingerprint density at radius 1 is 0.759 bits per heavy atom. The van der Waals surface area contributed by atoms with E-state index in [1.807, 2.05) is 12.3 Å². The fraction of sp³-hybridized carbons (Fsp3) is 0.320. The molecular formula is C25H29N3O. The molecule has 0 bridgehead atoms. The number of piperidine rings is 1. The molecular weight excluding hydrogens is 358 g/mol. The van der Waals surface area contributed by atoms with Crippen LogP contribution in [0.4, 0.5) is 0 Å². The molecule has 1 aromatic heterocycles. The Kier molecular flexibility index (Phi) is 6.55. The summed E-state index contributed by atoms with van der Waals surface area (Å²) in [7, 11) is 0. The van der Waals surface area contributed by atoms with Crippen molar-refractivity contribution in [1.82, 2.24) is 14.8 Å². The van der Waals surface area contributed by atoms with Gasteiger partial charge in [-0.05, 0) is 48.7 Å². The normalized spacial score (nSPS) is 15.4. The monoisotopic (exact) mass is 387 g/mol. The molecule has 0 saturated carbocycles. The summed E-state index contributed by atoms with van der Waals surface area (Å²) in [5, 5.41) is 3.72. The van der Waals surface area contributed by atoms with Crippen LogP contribution >= 0.6 is 0 Å². The molecule has 1 fully saturated rings. The van der Waals surface area contributed by atoms with Crippen molar-refractivity contribution in [3.05, 3.63) is 106 Å². The Hall–Kier alpha value is -2.69. The van der Waals surface area contributed by atoms with Crippen molar-refractivity contribution in [3.8, 4) is 0 Å². The summed E-state index contributed by atoms with van der Waals surface area (Å²) >= 11 is 0. The van der Waals surface area contributed by atoms with Crippen molar-refractivity contribution >= 4 is 0 Å². The summed E-state index contributed by atoms with van der Waals surface area (Å²) in [6.07, 6.45) is 4.23. The highest BCUT2D eigenvalue weighted by Crippen LogP contribution is 2.15. The van der Waals surface area contributed by atoms with Gasteiger partial charge >= 0.3 is 0 Å². The van der Waals surface area contributed by atoms with E-state index in [-0.39, 0.29) is 5.56 Å². The number of likely N-dealkylation sites (tertiary alicyclic amines) is 1. The Bertz CT molecular complexity index is 942. The largest absolute Gasteiger partial charge is 0.311 e. The predicted molar refractivity (Wildman–Crippen MR) is 118 cm³/mol. The minimum atomic E-state index is 0.0387. The van der Waals surface area contributed by atoms with Crippen LogP contribution in [0.2, 0.25) is 0 Å². The van der Waals surface area contributed by atoms with Crippen LogP contribution < -0.4 is 10.9 Å². The van der Waals surface area contributed by atoms with E-state index in [1.165, 1.54) is 24.0 Å². The molecule has 0 amide bonds. The second-order valence-corrected chi connectivity index (χ2v) is 7.90. The second kappa shape index (κ2) is 9.68. The second-order valence-electron chi connectivity index (χ2n) is 7.90. The molecule has 0 spiro atoms. The smallest absolute Gasteiger partial charge is 0.250 e. The Morgan fingerprint density at radius 2 is 1.41 bits per heavy atom. The van der Waals surface area contributed by atoms with Gasteiger partial charge in [0.25, 0.3) is 5.56 Å². The maximum atomic E-state index is 11.8. The van der Waals surface area contributed by atoms with Crippen molar-refractivity contribution < 1.29 is 0 Å². The van der Waals surface area contributed by atoms with Crippen LogP contribution in [0, 0.1) is 0 Å². The van der Waals surface area contributed by atoms with Crippen molar-refractivity contribution in [3.63, 3.8) is 0 Å². The molecule has 1 saturated heterocycles. The standard InChI is InChI=1S/C25H29N3O/c29-25-8-4-5-15-28(25)20-23-11-9-21(10-12-23)18-26-24-13-16-27(17-14-24)19-22-6-2-1-3-7-22/h1-12,15,24,26H,13-14,16-20H2. The zero-order valence-electron chi connectivity index (χ0n) is 16.8. The average molecular weight is 388 g/mol. The van der Waals surface area contributed by atoms with Gasteiger partial charge in [0.05, 0.1) is 6.54 Å². The minimum absolute atomic E-state index is 0.0387. The first-order valence-corrected chi connectivity index (χ1v) is 10.5. The van der Waals surface area contributed by atoms with Crippen molar-refractivity contribution in [2.75, 3.05) is 13.1 Å². The molecule has 2 aromatic carbocycles. The number of hydrogen-bond acceptors (Lipinski definition) is 3. The van der Waals surface area contributed by atoms with Crippen LogP contribution in [0.5, 0.6) is 0 Å². The van der Waals surface area contributed by atoms with Gasteiger partial charge in [-0.2, -0.15) is 0 Å². The van der Waals surface area contributed by atoms with Crippen LogP contribution in [0.25, 0.3) is 0 Å². The Morgan fingerprint density at radius 3 is 2.14 bits per heavy atom. The van der Waals surface area contributed by atoms with Gasteiger partial charge in [-0.1, -0.05) is 60.7 Å². The molecule has 2 heterocycles. The van der Waals surface area contributed by atoms with Crippen LogP contribution in [0.3, 0.4) is 0 Å². The topological polar surface area (TPSA) is 37.3 Å². The molecule has 29 heavy (non-hydrogen) atoms. The average Bonchev–Trinajstić information content (AvgIpc) is 2.77. The molecule has 3 aromatic rings. The lowest BCUT2D eigenvalue weighted by Gasteiger charge is -2.32. The molecule has 0 radical (unpaired) electrons. The highest BCUT2D eigenvalue weighted by molar-refractivity contribution is 5.23. The maximum Gasteiger partial charge on any atom is 0.250 e. The zero-order chi connectivity index (χ0) is 19.9. The summed E-state index contributed by atoms with van der Waals surface area (Å²) in [6, 6.07) is 25.2. The van der Waals surface area contributed by atoms with E-state index in [4.69, 9.17) is 0 Å². The highest BCUT2D eigenvalue weighted by Gasteiger charge is 2.18. The van der Waals surface area contributed by atoms with Gasteiger partial charge in [-0.3, -0.25) is 9.69 Å². The zero-order valence-corrected chi connectivity index (χ0v) is 16.8. The third-order valence-corrected chi connectivity index (χ3v) is 5.71. The first-order valence-electron chi connectivity index (χ1n) is 10.5. The molecule has 0 aliphatic carbocycles. The van der Waals surface area contributed by atoms with E-state index in [0.717, 1.165) is 31.7 Å². The molecule has 4 rings (SSSR count). The molecule has 1 aliphatic heterocycles. The van der Waals surface area contributed by atoms with E-state index in [2.05, 4.69) is 64.8 Å². The van der Waals surface area contributed by atoms with E-state index in [1.54, 1.807) is 16.7 Å². The molecule has 1 N–H and O–H groups in total. The molecule has 0 atom stereocenters. The van der Waals surface area contributed by atoms with Crippen LogP contribution in [-0.2, 0) is 19.6 Å². The Labute approximate surface area is 172 Å². The van der Waals surface area contributed by atoms with E-state index >= 15 is 0 Å². The molecule has 4 nitrogen and oxygen atoms in total. The summed E-state index contributed by atoms with van der Waals surface area (Å²) in [5.74, 6) is 0. The first kappa shape index (κ1) is 19.6. The quantitative estimate of drug-likeness (QED) is 0.672. The SMILES string of the molecule is O=c1ccccn1Cc1ccc(CNC2CCN(Cc3ccccc3)CC2)cc1. The van der Waals surface area contributed by atoms with Crippen LogP contribution in [0.1, 0.15) is 29.5 Å². The summed E-state index contributed by atoms with van der Waals surface area (Å²) in [6.45, 7) is 4.87. The number of benzene rings is 2. The van der Waals surface area contributed by atoms with Gasteiger partial charge in [-0.15, -0.1) is 0 Å². The maximum absolute atomic E-state index is 11.8. The van der Waals surface area contributed by atoms with Gasteiger partial charge in [0.1, 0.15) is 0 Å². The lowest BCUT2D eigenvalue weighted by molar-refractivity contribution is 0.190. The highest BCUT2D eigenvalue weighted by atomic mass is 16.1. The van der Waals surface area contributed by atoms with E-state index < -0.39 is 0 Å². The number of aromatic nitrogens is 1. The van der Waals surface area contributed by atoms with Crippen molar-refractivity contribution in [2.45, 2.75) is 38.5 Å². The predicted octanol–water partition coefficient (Wildman–Crippen LogP) is 3.65. The molecule has 0 unspecified atom stereocenters. The number of hydrogen-bond donors (Lipinski definition) is 1. The van der Waals surface area contributed by atoms with Gasteiger partial charge in [0.2, 0.25) is 0 Å². The van der Waals surface area contributed by atoms with Crippen molar-refractivity contribution in [1.29, 1.82) is 0 Å². The Balaban J connectivity index is 1.22. The number of pyridine rings is 1. The van der Waals surface area contributed by atoms with Gasteiger partial charge in [-0.25, -0.2) is 0 Å². The van der Waals surface area contributed by atoms with E-state index in [9.17, 15) is 4.79 Å². The summed E-state index contributed by atoms with van der Waals surface area (Å²) < 4.78 is 1.73. The summed E-state index contributed by atoms with van der Waals surface area (Å²) in [5.41, 5.74) is 3.88. The third kappa shape index (κ3) is 5.66. The first-order chi connectivity index (χ1) is 14.3. The van der Waals surface area contributed by atoms with Crippen LogP contribution in [-0.4, -0.2) is 28.6 Å². The molecule has 4 heteroatoms. The number of nitrogens with zero attached hydrogens (tertiary/aromatic N) is 2. The van der Waals surface area contributed by atoms with Crippen LogP contribution in [0.15, 0.2) is 83.8 Å². The molecule has 150 valence electrons. The minimum Gasteiger partial charge on any atom is -0.311 e. The van der Waals surface area contributed by atoms with Crippen molar-refractivity contribution in [2.24, 2.45) is 0 Å². The van der Waals surface area contributed by atoms with Gasteiger partial charge < -0.3 is 9.88 Å². The lowest BCUT2D eigenvalue weighted by atomic mass is 10.0. The number of rotatable bonds is 7. The number of nitrogens with one attached hydrogen (secondary N) is 1. The molecule has 1 aliphatic rings. The van der Waals surface area contributed by atoms with E-state index in [0.29, 0.717) is 12.6 Å².